The number of carbonyl (C=O) groups excluding carboxylic acids is 2. The van der Waals surface area contributed by atoms with Crippen LogP contribution < -0.4 is 5.32 Å². The predicted octanol–water partition coefficient (Wildman–Crippen LogP) is 15.2. The zero-order valence-corrected chi connectivity index (χ0v) is 49.2. The van der Waals surface area contributed by atoms with E-state index >= 15 is 0 Å². The van der Waals surface area contributed by atoms with Gasteiger partial charge in [-0.25, -0.2) is 0 Å². The molecule has 1 aliphatic heterocycles. The summed E-state index contributed by atoms with van der Waals surface area (Å²) in [5, 5.41) is 54.4. The number of carbonyl (C=O) groups is 2. The molecule has 0 aliphatic carbocycles. The van der Waals surface area contributed by atoms with E-state index in [1.807, 2.05) is 6.08 Å². The summed E-state index contributed by atoms with van der Waals surface area (Å²) in [5.41, 5.74) is 0. The highest BCUT2D eigenvalue weighted by molar-refractivity contribution is 5.76. The van der Waals surface area contributed by atoms with Gasteiger partial charge in [-0.2, -0.15) is 0 Å². The molecule has 0 aromatic carbocycles. The van der Waals surface area contributed by atoms with Gasteiger partial charge >= 0.3 is 5.97 Å². The van der Waals surface area contributed by atoms with E-state index in [4.69, 9.17) is 14.2 Å². The van der Waals surface area contributed by atoms with Crippen LogP contribution in [-0.4, -0.2) is 100 Å². The smallest absolute Gasteiger partial charge is 0.305 e. The van der Waals surface area contributed by atoms with Crippen molar-refractivity contribution in [3.63, 3.8) is 0 Å². The van der Waals surface area contributed by atoms with Gasteiger partial charge in [-0.1, -0.05) is 222 Å². The topological polar surface area (TPSA) is 175 Å². The van der Waals surface area contributed by atoms with Crippen molar-refractivity contribution in [3.05, 3.63) is 72.9 Å². The van der Waals surface area contributed by atoms with Gasteiger partial charge in [0, 0.05) is 12.8 Å². The lowest BCUT2D eigenvalue weighted by molar-refractivity contribution is -0.302. The van der Waals surface area contributed by atoms with Gasteiger partial charge in [0.2, 0.25) is 5.91 Å². The molecule has 446 valence electrons. The summed E-state index contributed by atoms with van der Waals surface area (Å²) in [5.74, 6) is -0.218. The van der Waals surface area contributed by atoms with Crippen LogP contribution in [0.1, 0.15) is 271 Å². The lowest BCUT2D eigenvalue weighted by Gasteiger charge is -2.40. The second-order valence-corrected chi connectivity index (χ2v) is 21.7. The molecule has 0 saturated carbocycles. The average Bonchev–Trinajstić information content (AvgIpc) is 3.43. The molecule has 1 aliphatic rings. The maximum Gasteiger partial charge on any atom is 0.305 e. The third-order valence-corrected chi connectivity index (χ3v) is 14.5. The number of aliphatic hydroxyl groups excluding tert-OH is 5. The summed E-state index contributed by atoms with van der Waals surface area (Å²) in [6, 6.07) is -0.841. The van der Waals surface area contributed by atoms with Gasteiger partial charge in [-0.3, -0.25) is 9.59 Å². The van der Waals surface area contributed by atoms with Crippen molar-refractivity contribution in [2.75, 3.05) is 19.8 Å². The molecule has 0 bridgehead atoms. The van der Waals surface area contributed by atoms with Crippen LogP contribution in [0.4, 0.5) is 0 Å². The largest absolute Gasteiger partial charge is 0.466 e. The van der Waals surface area contributed by atoms with E-state index in [2.05, 4.69) is 79.9 Å². The van der Waals surface area contributed by atoms with Crippen LogP contribution in [-0.2, 0) is 23.8 Å². The van der Waals surface area contributed by atoms with E-state index in [0.717, 1.165) is 96.3 Å². The highest BCUT2D eigenvalue weighted by Crippen LogP contribution is 2.23. The molecule has 77 heavy (non-hydrogen) atoms. The van der Waals surface area contributed by atoms with E-state index in [1.54, 1.807) is 6.08 Å². The lowest BCUT2D eigenvalue weighted by Crippen LogP contribution is -2.60. The molecule has 1 rings (SSSR count). The van der Waals surface area contributed by atoms with Gasteiger partial charge in [0.25, 0.3) is 0 Å². The number of nitrogens with one attached hydrogen (secondary N) is 1. The van der Waals surface area contributed by atoms with Crippen LogP contribution in [0.5, 0.6) is 0 Å². The number of esters is 1. The van der Waals surface area contributed by atoms with Crippen LogP contribution in [0.2, 0.25) is 0 Å². The molecular formula is C66H117NO10. The first-order chi connectivity index (χ1) is 37.7. The van der Waals surface area contributed by atoms with Crippen LogP contribution in [0, 0.1) is 0 Å². The normalized spacial score (nSPS) is 19.1. The predicted molar refractivity (Wildman–Crippen MR) is 319 cm³/mol. The first-order valence-corrected chi connectivity index (χ1v) is 31.7. The van der Waals surface area contributed by atoms with Gasteiger partial charge in [-0.05, 0) is 109 Å². The number of hydrogen-bond acceptors (Lipinski definition) is 10. The summed E-state index contributed by atoms with van der Waals surface area (Å²) in [4.78, 5) is 25.0. The molecule has 1 fully saturated rings. The van der Waals surface area contributed by atoms with Crippen LogP contribution in [0.3, 0.4) is 0 Å². The molecule has 0 aromatic heterocycles. The van der Waals surface area contributed by atoms with Gasteiger partial charge in [0.05, 0.1) is 32.0 Å². The molecule has 0 radical (unpaired) electrons. The van der Waals surface area contributed by atoms with Gasteiger partial charge in [-0.15, -0.1) is 0 Å². The maximum absolute atomic E-state index is 13.0. The fourth-order valence-corrected chi connectivity index (χ4v) is 9.42. The molecule has 6 N–H and O–H groups in total. The Labute approximate surface area is 471 Å². The number of hydrogen-bond donors (Lipinski definition) is 6. The minimum absolute atomic E-state index is 0.0142. The number of unbranched alkanes of at least 4 members (excludes halogenated alkanes) is 30. The average molecular weight is 1080 g/mol. The Morgan fingerprint density at radius 3 is 1.40 bits per heavy atom. The molecule has 0 spiro atoms. The Kier molecular flexibility index (Phi) is 51.5. The summed E-state index contributed by atoms with van der Waals surface area (Å²) in [7, 11) is 0. The maximum atomic E-state index is 13.0. The molecule has 11 nitrogen and oxygen atoms in total. The lowest BCUT2D eigenvalue weighted by atomic mass is 9.99. The molecule has 7 unspecified atom stereocenters. The van der Waals surface area contributed by atoms with Crippen molar-refractivity contribution >= 4 is 11.9 Å². The van der Waals surface area contributed by atoms with E-state index < -0.39 is 49.5 Å². The minimum Gasteiger partial charge on any atom is -0.466 e. The number of amides is 1. The highest BCUT2D eigenvalue weighted by atomic mass is 16.7. The third-order valence-electron chi connectivity index (χ3n) is 14.5. The molecule has 1 saturated heterocycles. The monoisotopic (exact) mass is 1080 g/mol. The second-order valence-electron chi connectivity index (χ2n) is 21.7. The molecular weight excluding hydrogens is 967 g/mol. The molecule has 7 atom stereocenters. The van der Waals surface area contributed by atoms with Crippen molar-refractivity contribution in [2.45, 2.75) is 314 Å². The Morgan fingerprint density at radius 2 is 0.896 bits per heavy atom. The van der Waals surface area contributed by atoms with Crippen molar-refractivity contribution in [2.24, 2.45) is 0 Å². The standard InChI is InChI=1S/C66H117NO10/c1-3-5-7-9-11-13-15-29-33-36-40-44-48-52-59(69)58(57-76-66-65(74)64(73)63(72)60(56-68)77-66)67-61(70)53-49-45-41-37-34-30-27-25-23-21-19-17-16-18-20-22-24-26-28-31-35-39-43-47-51-55-75-62(71)54-50-46-42-38-32-14-12-10-8-6-4-2/h10-13,17-20,33,36,48,52,58-60,63-66,68-69,72-74H,3-9,14-16,21-32,34-35,37-47,49-51,53-57H2,1-2H3,(H,67,70)/b12-10-,13-11+,19-17-,20-18-,36-33+,52-48+. The van der Waals surface area contributed by atoms with Crippen molar-refractivity contribution in [1.29, 1.82) is 0 Å². The zero-order chi connectivity index (χ0) is 55.9. The summed E-state index contributed by atoms with van der Waals surface area (Å²) in [6.07, 6.45) is 62.9. The number of rotatable bonds is 54. The number of ether oxygens (including phenoxy) is 3. The summed E-state index contributed by atoms with van der Waals surface area (Å²) >= 11 is 0. The fraction of sp³-hybridized carbons (Fsp3) is 0.788. The van der Waals surface area contributed by atoms with E-state index in [9.17, 15) is 35.1 Å². The van der Waals surface area contributed by atoms with Crippen LogP contribution in [0.15, 0.2) is 72.9 Å². The first kappa shape index (κ1) is 72.1. The molecule has 11 heteroatoms. The second kappa shape index (κ2) is 55.0. The van der Waals surface area contributed by atoms with Crippen LogP contribution in [0.25, 0.3) is 0 Å². The molecule has 1 heterocycles. The number of allylic oxidation sites excluding steroid dienone is 11. The third kappa shape index (κ3) is 44.5. The zero-order valence-electron chi connectivity index (χ0n) is 49.2. The Hall–Kier alpha value is -2.90. The van der Waals surface area contributed by atoms with Crippen LogP contribution >= 0.6 is 0 Å². The summed E-state index contributed by atoms with van der Waals surface area (Å²) in [6.45, 7) is 4.24. The molecule has 1 amide bonds. The Bertz CT molecular complexity index is 1510. The summed E-state index contributed by atoms with van der Waals surface area (Å²) < 4.78 is 16.7. The van der Waals surface area contributed by atoms with Gasteiger partial charge in [0.1, 0.15) is 24.4 Å². The van der Waals surface area contributed by atoms with Crippen molar-refractivity contribution < 1.29 is 49.3 Å². The van der Waals surface area contributed by atoms with Crippen molar-refractivity contribution in [1.82, 2.24) is 5.32 Å². The van der Waals surface area contributed by atoms with Crippen molar-refractivity contribution in [3.8, 4) is 0 Å². The number of aliphatic hydroxyl groups is 5. The van der Waals surface area contributed by atoms with Gasteiger partial charge in [0.15, 0.2) is 6.29 Å². The molecule has 0 aromatic rings. The fourth-order valence-electron chi connectivity index (χ4n) is 9.42. The first-order valence-electron chi connectivity index (χ1n) is 31.7. The highest BCUT2D eigenvalue weighted by Gasteiger charge is 2.44. The van der Waals surface area contributed by atoms with E-state index in [0.29, 0.717) is 19.4 Å². The Balaban J connectivity index is 2.07. The minimum atomic E-state index is -1.58. The quantitative estimate of drug-likeness (QED) is 0.0195. The SMILES string of the molecule is CCCC/C=C\CCCCCCCC(=O)OCCCCCCCCCCC/C=C\C/C=C\CCCCCCCCCCCC(=O)NC(COC1OC(CO)C(O)C(O)C1O)C(O)/C=C/CC/C=C/CC/C=C/CCCCC. The van der Waals surface area contributed by atoms with E-state index in [-0.39, 0.29) is 18.5 Å². The van der Waals surface area contributed by atoms with E-state index in [1.165, 1.54) is 148 Å². The van der Waals surface area contributed by atoms with Gasteiger partial charge < -0.3 is 45.1 Å². The Morgan fingerprint density at radius 1 is 0.481 bits per heavy atom.